The van der Waals surface area contributed by atoms with Gasteiger partial charge in [-0.3, -0.25) is 4.79 Å². The van der Waals surface area contributed by atoms with Crippen LogP contribution in [0.25, 0.3) is 0 Å². The molecule has 1 aromatic rings. The summed E-state index contributed by atoms with van der Waals surface area (Å²) in [5.41, 5.74) is 0.849. The Morgan fingerprint density at radius 2 is 1.82 bits per heavy atom. The Kier molecular flexibility index (Phi) is 6.33. The van der Waals surface area contributed by atoms with E-state index in [9.17, 15) is 4.79 Å². The number of hydrogen-bond donors (Lipinski definition) is 2. The normalized spacial score (nSPS) is 10.5. The molecular weight excluding hydrogens is 212 g/mol. The number of anilines is 1. The Morgan fingerprint density at radius 3 is 2.41 bits per heavy atom. The average molecular weight is 234 g/mol. The number of carbonyl (C=O) groups excluding carboxylic acids is 1. The van der Waals surface area contributed by atoms with E-state index >= 15 is 0 Å². The summed E-state index contributed by atoms with van der Waals surface area (Å²) in [5, 5.41) is 6.05. The highest BCUT2D eigenvalue weighted by molar-refractivity contribution is 5.92. The summed E-state index contributed by atoms with van der Waals surface area (Å²) in [5.74, 6) is 0.682. The molecule has 0 spiro atoms. The van der Waals surface area contributed by atoms with Crippen molar-refractivity contribution < 1.29 is 4.79 Å². The molecule has 0 aliphatic carbocycles. The number of hydrogen-bond acceptors (Lipinski definition) is 2. The first-order valence-corrected chi connectivity index (χ1v) is 6.31. The van der Waals surface area contributed by atoms with Crippen LogP contribution in [0.3, 0.4) is 0 Å². The van der Waals surface area contributed by atoms with E-state index in [2.05, 4.69) is 24.5 Å². The summed E-state index contributed by atoms with van der Waals surface area (Å²) in [6.07, 6.45) is 2.31. The van der Waals surface area contributed by atoms with Crippen LogP contribution in [0.4, 0.5) is 5.69 Å². The van der Waals surface area contributed by atoms with Crippen LogP contribution in [0.2, 0.25) is 0 Å². The summed E-state index contributed by atoms with van der Waals surface area (Å²) in [7, 11) is 0. The van der Waals surface area contributed by atoms with Crippen LogP contribution < -0.4 is 10.6 Å². The molecule has 0 atom stereocenters. The van der Waals surface area contributed by atoms with E-state index in [-0.39, 0.29) is 5.91 Å². The maximum atomic E-state index is 11.6. The predicted octanol–water partition coefficient (Wildman–Crippen LogP) is 2.65. The van der Waals surface area contributed by atoms with Crippen molar-refractivity contribution in [3.8, 4) is 0 Å². The Hall–Kier alpha value is -1.35. The average Bonchev–Trinajstić information content (AvgIpc) is 2.36. The van der Waals surface area contributed by atoms with Gasteiger partial charge in [-0.05, 0) is 24.6 Å². The van der Waals surface area contributed by atoms with Gasteiger partial charge in [-0.25, -0.2) is 0 Å². The van der Waals surface area contributed by atoms with Gasteiger partial charge in [0, 0.05) is 5.69 Å². The van der Waals surface area contributed by atoms with Crippen molar-refractivity contribution in [3.05, 3.63) is 30.3 Å². The molecule has 2 N–H and O–H groups in total. The number of rotatable bonds is 7. The van der Waals surface area contributed by atoms with Crippen LogP contribution in [-0.2, 0) is 4.79 Å². The molecule has 0 heterocycles. The second kappa shape index (κ2) is 7.85. The van der Waals surface area contributed by atoms with Crippen molar-refractivity contribution in [2.75, 3.05) is 18.4 Å². The molecule has 0 aromatic heterocycles. The van der Waals surface area contributed by atoms with Crippen molar-refractivity contribution in [2.24, 2.45) is 5.92 Å². The van der Waals surface area contributed by atoms with Crippen molar-refractivity contribution in [1.29, 1.82) is 0 Å². The fraction of sp³-hybridized carbons (Fsp3) is 0.500. The van der Waals surface area contributed by atoms with Gasteiger partial charge in [-0.15, -0.1) is 0 Å². The summed E-state index contributed by atoms with van der Waals surface area (Å²) in [4.78, 5) is 11.6. The monoisotopic (exact) mass is 234 g/mol. The molecular formula is C14H22N2O. The van der Waals surface area contributed by atoms with Gasteiger partial charge in [-0.1, -0.05) is 44.9 Å². The van der Waals surface area contributed by atoms with Gasteiger partial charge in [0.15, 0.2) is 0 Å². The first-order valence-electron chi connectivity index (χ1n) is 6.31. The number of amides is 1. The van der Waals surface area contributed by atoms with Gasteiger partial charge in [0.1, 0.15) is 0 Å². The largest absolute Gasteiger partial charge is 0.325 e. The lowest BCUT2D eigenvalue weighted by Crippen LogP contribution is -2.31. The maximum absolute atomic E-state index is 11.6. The third-order valence-electron chi connectivity index (χ3n) is 2.93. The topological polar surface area (TPSA) is 41.1 Å². The van der Waals surface area contributed by atoms with E-state index in [1.165, 1.54) is 0 Å². The second-order valence-electron chi connectivity index (χ2n) is 4.23. The van der Waals surface area contributed by atoms with E-state index in [0.717, 1.165) is 25.1 Å². The van der Waals surface area contributed by atoms with Crippen LogP contribution in [0.1, 0.15) is 26.7 Å². The number of para-hydroxylation sites is 1. The Bertz CT molecular complexity index is 320. The van der Waals surface area contributed by atoms with Crippen LogP contribution in [0.5, 0.6) is 0 Å². The van der Waals surface area contributed by atoms with Gasteiger partial charge in [0.2, 0.25) is 5.91 Å². The van der Waals surface area contributed by atoms with Gasteiger partial charge in [0.25, 0.3) is 0 Å². The van der Waals surface area contributed by atoms with Gasteiger partial charge < -0.3 is 10.6 Å². The third kappa shape index (κ3) is 5.50. The molecule has 0 aliphatic rings. The van der Waals surface area contributed by atoms with E-state index in [0.29, 0.717) is 12.5 Å². The van der Waals surface area contributed by atoms with E-state index in [1.54, 1.807) is 0 Å². The molecule has 3 heteroatoms. The molecule has 1 rings (SSSR count). The minimum atomic E-state index is 0.0159. The molecule has 0 saturated carbocycles. The van der Waals surface area contributed by atoms with E-state index < -0.39 is 0 Å². The number of carbonyl (C=O) groups is 1. The van der Waals surface area contributed by atoms with Gasteiger partial charge >= 0.3 is 0 Å². The zero-order valence-electron chi connectivity index (χ0n) is 10.7. The predicted molar refractivity (Wildman–Crippen MR) is 72.0 cm³/mol. The highest BCUT2D eigenvalue weighted by Gasteiger charge is 2.05. The molecule has 0 unspecified atom stereocenters. The quantitative estimate of drug-likeness (QED) is 0.761. The molecule has 0 radical (unpaired) electrons. The zero-order chi connectivity index (χ0) is 12.5. The van der Waals surface area contributed by atoms with Gasteiger partial charge in [0.05, 0.1) is 6.54 Å². The first-order chi connectivity index (χ1) is 8.26. The maximum Gasteiger partial charge on any atom is 0.238 e. The molecule has 0 fully saturated rings. The highest BCUT2D eigenvalue weighted by Crippen LogP contribution is 2.05. The SMILES string of the molecule is CCC(CC)CNCC(=O)Nc1ccccc1. The highest BCUT2D eigenvalue weighted by atomic mass is 16.1. The summed E-state index contributed by atoms with van der Waals surface area (Å²) in [6, 6.07) is 9.53. The fourth-order valence-corrected chi connectivity index (χ4v) is 1.69. The number of benzene rings is 1. The van der Waals surface area contributed by atoms with Crippen molar-refractivity contribution in [1.82, 2.24) is 5.32 Å². The van der Waals surface area contributed by atoms with Gasteiger partial charge in [-0.2, -0.15) is 0 Å². The molecule has 0 saturated heterocycles. The molecule has 1 amide bonds. The third-order valence-corrected chi connectivity index (χ3v) is 2.93. The zero-order valence-corrected chi connectivity index (χ0v) is 10.7. The van der Waals surface area contributed by atoms with Crippen molar-refractivity contribution >= 4 is 11.6 Å². The molecule has 1 aromatic carbocycles. The lowest BCUT2D eigenvalue weighted by atomic mass is 10.0. The molecule has 17 heavy (non-hydrogen) atoms. The van der Waals surface area contributed by atoms with Crippen LogP contribution >= 0.6 is 0 Å². The lowest BCUT2D eigenvalue weighted by Gasteiger charge is -2.13. The van der Waals surface area contributed by atoms with E-state index in [4.69, 9.17) is 0 Å². The summed E-state index contributed by atoms with van der Waals surface area (Å²) in [6.45, 7) is 5.65. The molecule has 0 aliphatic heterocycles. The Labute approximate surface area is 104 Å². The minimum absolute atomic E-state index is 0.0159. The Morgan fingerprint density at radius 1 is 1.18 bits per heavy atom. The van der Waals surface area contributed by atoms with Crippen molar-refractivity contribution in [3.63, 3.8) is 0 Å². The fourth-order valence-electron chi connectivity index (χ4n) is 1.69. The van der Waals surface area contributed by atoms with Crippen LogP contribution in [-0.4, -0.2) is 19.0 Å². The van der Waals surface area contributed by atoms with E-state index in [1.807, 2.05) is 30.3 Å². The molecule has 3 nitrogen and oxygen atoms in total. The number of nitrogens with one attached hydrogen (secondary N) is 2. The van der Waals surface area contributed by atoms with Crippen LogP contribution in [0.15, 0.2) is 30.3 Å². The van der Waals surface area contributed by atoms with Crippen LogP contribution in [0, 0.1) is 5.92 Å². The molecule has 94 valence electrons. The minimum Gasteiger partial charge on any atom is -0.325 e. The van der Waals surface area contributed by atoms with Crippen molar-refractivity contribution in [2.45, 2.75) is 26.7 Å². The summed E-state index contributed by atoms with van der Waals surface area (Å²) < 4.78 is 0. The Balaban J connectivity index is 2.22. The smallest absolute Gasteiger partial charge is 0.238 e. The standard InChI is InChI=1S/C14H22N2O/c1-3-12(4-2)10-15-11-14(17)16-13-8-6-5-7-9-13/h5-9,12,15H,3-4,10-11H2,1-2H3,(H,16,17). The lowest BCUT2D eigenvalue weighted by molar-refractivity contribution is -0.115. The second-order valence-corrected chi connectivity index (χ2v) is 4.23. The first kappa shape index (κ1) is 13.7. The molecule has 0 bridgehead atoms. The summed E-state index contributed by atoms with van der Waals surface area (Å²) >= 11 is 0.